The lowest BCUT2D eigenvalue weighted by atomic mass is 10.2. The molecule has 5 heteroatoms. The molecule has 0 amide bonds. The highest BCUT2D eigenvalue weighted by atomic mass is 16.4. The van der Waals surface area contributed by atoms with E-state index in [9.17, 15) is 0 Å². The number of aryl methyl sites for hydroxylation is 1. The molecule has 14 heavy (non-hydrogen) atoms. The molecule has 2 heterocycles. The van der Waals surface area contributed by atoms with Gasteiger partial charge in [0, 0.05) is 11.9 Å². The van der Waals surface area contributed by atoms with E-state index in [1.807, 2.05) is 19.1 Å². The van der Waals surface area contributed by atoms with Crippen molar-refractivity contribution in [3.8, 4) is 11.5 Å². The summed E-state index contributed by atoms with van der Waals surface area (Å²) in [7, 11) is 0. The normalized spacial score (nSPS) is 10.4. The second-order valence-electron chi connectivity index (χ2n) is 2.89. The summed E-state index contributed by atoms with van der Waals surface area (Å²) < 4.78 is 5.27. The first kappa shape index (κ1) is 8.83. The Kier molecular flexibility index (Phi) is 2.24. The van der Waals surface area contributed by atoms with Crippen molar-refractivity contribution >= 4 is 0 Å². The first-order chi connectivity index (χ1) is 6.79. The Morgan fingerprint density at radius 3 is 2.79 bits per heavy atom. The van der Waals surface area contributed by atoms with Crippen LogP contribution in [0.3, 0.4) is 0 Å². The predicted molar refractivity (Wildman–Crippen MR) is 50.2 cm³/mol. The highest BCUT2D eigenvalue weighted by Crippen LogP contribution is 2.16. The predicted octanol–water partition coefficient (Wildman–Crippen LogP) is 0.899. The molecule has 0 fully saturated rings. The van der Waals surface area contributed by atoms with Crippen molar-refractivity contribution in [2.24, 2.45) is 5.73 Å². The fourth-order valence-electron chi connectivity index (χ4n) is 1.05. The molecule has 0 saturated heterocycles. The zero-order chi connectivity index (χ0) is 9.97. The molecule has 0 aliphatic heterocycles. The molecule has 0 aromatic carbocycles. The maximum absolute atomic E-state index is 5.35. The van der Waals surface area contributed by atoms with E-state index in [1.54, 1.807) is 6.20 Å². The van der Waals surface area contributed by atoms with E-state index in [2.05, 4.69) is 15.2 Å². The molecule has 0 unspecified atom stereocenters. The Balaban J connectivity index is 2.34. The third kappa shape index (κ3) is 1.62. The standard InChI is InChI=1S/C9H10N4O/c1-6-2-3-7(5-11-6)9-13-12-8(4-10)14-9/h2-3,5H,4,10H2,1H3. The molecule has 0 radical (unpaired) electrons. The SMILES string of the molecule is Cc1ccc(-c2nnc(CN)o2)cn1. The van der Waals surface area contributed by atoms with Gasteiger partial charge in [-0.3, -0.25) is 4.98 Å². The Bertz CT molecular complexity index is 421. The fraction of sp³-hybridized carbons (Fsp3) is 0.222. The molecule has 2 aromatic heterocycles. The van der Waals surface area contributed by atoms with Crippen molar-refractivity contribution in [3.05, 3.63) is 29.9 Å². The summed E-state index contributed by atoms with van der Waals surface area (Å²) in [5.41, 5.74) is 7.11. The van der Waals surface area contributed by atoms with Gasteiger partial charge in [0.15, 0.2) is 0 Å². The van der Waals surface area contributed by atoms with Crippen molar-refractivity contribution in [3.63, 3.8) is 0 Å². The number of nitrogens with two attached hydrogens (primary N) is 1. The number of rotatable bonds is 2. The number of aromatic nitrogens is 3. The van der Waals surface area contributed by atoms with Gasteiger partial charge in [-0.1, -0.05) is 0 Å². The molecule has 0 atom stereocenters. The van der Waals surface area contributed by atoms with E-state index in [0.717, 1.165) is 11.3 Å². The van der Waals surface area contributed by atoms with Crippen LogP contribution >= 0.6 is 0 Å². The largest absolute Gasteiger partial charge is 0.419 e. The number of pyridine rings is 1. The molecule has 5 nitrogen and oxygen atoms in total. The molecule has 0 aliphatic carbocycles. The van der Waals surface area contributed by atoms with Gasteiger partial charge in [0.05, 0.1) is 12.1 Å². The van der Waals surface area contributed by atoms with Crippen LogP contribution in [0.4, 0.5) is 0 Å². The second-order valence-corrected chi connectivity index (χ2v) is 2.89. The van der Waals surface area contributed by atoms with E-state index < -0.39 is 0 Å². The zero-order valence-corrected chi connectivity index (χ0v) is 7.77. The van der Waals surface area contributed by atoms with Crippen molar-refractivity contribution in [2.75, 3.05) is 0 Å². The van der Waals surface area contributed by atoms with Gasteiger partial charge in [-0.25, -0.2) is 0 Å². The first-order valence-corrected chi connectivity index (χ1v) is 4.25. The average Bonchev–Trinajstić information content (AvgIpc) is 2.67. The molecule has 2 rings (SSSR count). The van der Waals surface area contributed by atoms with Crippen LogP contribution in [0, 0.1) is 6.92 Å². The third-order valence-electron chi connectivity index (χ3n) is 1.80. The highest BCUT2D eigenvalue weighted by molar-refractivity contribution is 5.50. The lowest BCUT2D eigenvalue weighted by molar-refractivity contribution is 0.508. The van der Waals surface area contributed by atoms with Gasteiger partial charge in [-0.05, 0) is 19.1 Å². The van der Waals surface area contributed by atoms with E-state index in [0.29, 0.717) is 11.8 Å². The zero-order valence-electron chi connectivity index (χ0n) is 7.77. The summed E-state index contributed by atoms with van der Waals surface area (Å²) in [4.78, 5) is 4.13. The summed E-state index contributed by atoms with van der Waals surface area (Å²) in [5.74, 6) is 0.888. The monoisotopic (exact) mass is 190 g/mol. The summed E-state index contributed by atoms with van der Waals surface area (Å²) in [5, 5.41) is 7.61. The van der Waals surface area contributed by atoms with Crippen molar-refractivity contribution in [1.29, 1.82) is 0 Å². The Hall–Kier alpha value is -1.75. The van der Waals surface area contributed by atoms with Crippen LogP contribution in [0.15, 0.2) is 22.7 Å². The van der Waals surface area contributed by atoms with Crippen LogP contribution in [-0.2, 0) is 6.54 Å². The minimum absolute atomic E-state index is 0.256. The second kappa shape index (κ2) is 3.55. The van der Waals surface area contributed by atoms with Crippen LogP contribution in [0.5, 0.6) is 0 Å². The van der Waals surface area contributed by atoms with Crippen LogP contribution in [-0.4, -0.2) is 15.2 Å². The Labute approximate surface area is 81.0 Å². The molecule has 72 valence electrons. The fourth-order valence-corrected chi connectivity index (χ4v) is 1.05. The minimum Gasteiger partial charge on any atom is -0.419 e. The van der Waals surface area contributed by atoms with Crippen LogP contribution in [0.25, 0.3) is 11.5 Å². The molecule has 2 aromatic rings. The van der Waals surface area contributed by atoms with Gasteiger partial charge in [-0.15, -0.1) is 10.2 Å². The van der Waals surface area contributed by atoms with Gasteiger partial charge in [0.2, 0.25) is 11.8 Å². The summed E-state index contributed by atoms with van der Waals surface area (Å²) in [6.07, 6.45) is 1.70. The highest BCUT2D eigenvalue weighted by Gasteiger charge is 2.06. The number of hydrogen-bond acceptors (Lipinski definition) is 5. The Morgan fingerprint density at radius 2 is 2.21 bits per heavy atom. The molecular formula is C9H10N4O. The van der Waals surface area contributed by atoms with Gasteiger partial charge in [0.25, 0.3) is 0 Å². The van der Waals surface area contributed by atoms with E-state index in [-0.39, 0.29) is 6.54 Å². The van der Waals surface area contributed by atoms with E-state index in [4.69, 9.17) is 10.2 Å². The third-order valence-corrected chi connectivity index (χ3v) is 1.80. The summed E-state index contributed by atoms with van der Waals surface area (Å²) in [6, 6.07) is 3.78. The van der Waals surface area contributed by atoms with Crippen molar-refractivity contribution < 1.29 is 4.42 Å². The van der Waals surface area contributed by atoms with Crippen molar-refractivity contribution in [1.82, 2.24) is 15.2 Å². The van der Waals surface area contributed by atoms with Crippen molar-refractivity contribution in [2.45, 2.75) is 13.5 Å². The topological polar surface area (TPSA) is 77.8 Å². The quantitative estimate of drug-likeness (QED) is 0.761. The number of hydrogen-bond donors (Lipinski definition) is 1. The maximum Gasteiger partial charge on any atom is 0.249 e. The molecule has 2 N–H and O–H groups in total. The molecule has 0 bridgehead atoms. The van der Waals surface area contributed by atoms with Crippen LogP contribution in [0.1, 0.15) is 11.6 Å². The average molecular weight is 190 g/mol. The van der Waals surface area contributed by atoms with Gasteiger partial charge in [-0.2, -0.15) is 0 Å². The molecule has 0 saturated carbocycles. The number of nitrogens with zero attached hydrogens (tertiary/aromatic N) is 3. The molecular weight excluding hydrogens is 180 g/mol. The summed E-state index contributed by atoms with van der Waals surface area (Å²) >= 11 is 0. The lowest BCUT2D eigenvalue weighted by Crippen LogP contribution is -1.95. The van der Waals surface area contributed by atoms with Crippen LogP contribution < -0.4 is 5.73 Å². The minimum atomic E-state index is 0.256. The lowest BCUT2D eigenvalue weighted by Gasteiger charge is -1.93. The van der Waals surface area contributed by atoms with Gasteiger partial charge < -0.3 is 10.2 Å². The van der Waals surface area contributed by atoms with Crippen LogP contribution in [0.2, 0.25) is 0 Å². The Morgan fingerprint density at radius 1 is 1.36 bits per heavy atom. The smallest absolute Gasteiger partial charge is 0.249 e. The van der Waals surface area contributed by atoms with E-state index >= 15 is 0 Å². The molecule has 0 spiro atoms. The first-order valence-electron chi connectivity index (χ1n) is 4.25. The van der Waals surface area contributed by atoms with E-state index in [1.165, 1.54) is 0 Å². The van der Waals surface area contributed by atoms with Gasteiger partial charge in [0.1, 0.15) is 0 Å². The molecule has 0 aliphatic rings. The maximum atomic E-state index is 5.35. The summed E-state index contributed by atoms with van der Waals surface area (Å²) in [6.45, 7) is 2.18. The van der Waals surface area contributed by atoms with Gasteiger partial charge >= 0.3 is 0 Å².